The Morgan fingerprint density at radius 3 is 2.50 bits per heavy atom. The van der Waals surface area contributed by atoms with Crippen molar-refractivity contribution in [3.63, 3.8) is 0 Å². The van der Waals surface area contributed by atoms with Gasteiger partial charge in [-0.15, -0.1) is 0 Å². The topological polar surface area (TPSA) is 51.2 Å². The summed E-state index contributed by atoms with van der Waals surface area (Å²) in [6.07, 6.45) is 7.73. The van der Waals surface area contributed by atoms with E-state index in [1.54, 1.807) is 4.90 Å². The lowest BCUT2D eigenvalue weighted by Crippen LogP contribution is -2.51. The lowest BCUT2D eigenvalue weighted by molar-refractivity contribution is -0.139. The van der Waals surface area contributed by atoms with Crippen molar-refractivity contribution in [2.75, 3.05) is 50.9 Å². The zero-order valence-electron chi connectivity index (χ0n) is 21.2. The molecule has 0 N–H and O–H groups in total. The maximum Gasteiger partial charge on any atom is 0.294 e. The maximum absolute atomic E-state index is 13.1. The van der Waals surface area contributed by atoms with Crippen molar-refractivity contribution in [3.05, 3.63) is 65.4 Å². The molecule has 0 unspecified atom stereocenters. The SMILES string of the molecule is CCc1cc(N2CC=C(Oc3ccc(C4CC4)cc3)C2=O)ccc1OCCN1CCC2(CC1)COC2. The third-order valence-corrected chi connectivity index (χ3v) is 8.21. The van der Waals surface area contributed by atoms with E-state index in [1.807, 2.05) is 30.3 Å². The van der Waals surface area contributed by atoms with Gasteiger partial charge in [-0.3, -0.25) is 9.69 Å². The number of nitrogens with zero attached hydrogens (tertiary/aromatic N) is 2. The van der Waals surface area contributed by atoms with Crippen LogP contribution in [0.1, 0.15) is 49.7 Å². The highest BCUT2D eigenvalue weighted by atomic mass is 16.5. The third-order valence-electron chi connectivity index (χ3n) is 8.21. The van der Waals surface area contributed by atoms with Crippen LogP contribution < -0.4 is 14.4 Å². The number of carbonyl (C=O) groups excluding carboxylic acids is 1. The van der Waals surface area contributed by atoms with Gasteiger partial charge in [0.1, 0.15) is 18.1 Å². The van der Waals surface area contributed by atoms with Crippen LogP contribution in [0.15, 0.2) is 54.3 Å². The van der Waals surface area contributed by atoms with Gasteiger partial charge in [0.25, 0.3) is 5.91 Å². The van der Waals surface area contributed by atoms with Gasteiger partial charge >= 0.3 is 0 Å². The minimum atomic E-state index is -0.100. The van der Waals surface area contributed by atoms with Gasteiger partial charge in [0, 0.05) is 24.2 Å². The number of anilines is 1. The van der Waals surface area contributed by atoms with Gasteiger partial charge in [0.15, 0.2) is 5.76 Å². The average Bonchev–Trinajstić information content (AvgIpc) is 3.68. The number of piperidine rings is 1. The summed E-state index contributed by atoms with van der Waals surface area (Å²) >= 11 is 0. The van der Waals surface area contributed by atoms with E-state index in [4.69, 9.17) is 14.2 Å². The van der Waals surface area contributed by atoms with E-state index in [9.17, 15) is 4.79 Å². The summed E-state index contributed by atoms with van der Waals surface area (Å²) < 4.78 is 17.6. The normalized spacial score (nSPS) is 21.4. The summed E-state index contributed by atoms with van der Waals surface area (Å²) in [5, 5.41) is 0. The lowest BCUT2D eigenvalue weighted by atomic mass is 9.77. The molecule has 6 nitrogen and oxygen atoms in total. The van der Waals surface area contributed by atoms with Crippen LogP contribution in [0.25, 0.3) is 0 Å². The standard InChI is InChI=1S/C30H36N2O4/c1-2-22-19-25(7-10-27(22)35-18-17-31-15-12-30(13-16-31)20-34-21-30)32-14-11-28(29(32)33)36-26-8-5-24(6-9-26)23-3-4-23/h5-11,19,23H,2-4,12-18,20-21H2,1H3. The van der Waals surface area contributed by atoms with E-state index in [-0.39, 0.29) is 5.91 Å². The van der Waals surface area contributed by atoms with Gasteiger partial charge in [0.2, 0.25) is 0 Å². The number of carbonyl (C=O) groups is 1. The zero-order chi connectivity index (χ0) is 24.5. The van der Waals surface area contributed by atoms with Gasteiger partial charge in [0.05, 0.1) is 13.2 Å². The first-order valence-corrected chi connectivity index (χ1v) is 13.5. The number of rotatable bonds is 9. The van der Waals surface area contributed by atoms with Crippen molar-refractivity contribution >= 4 is 11.6 Å². The minimum absolute atomic E-state index is 0.100. The fraction of sp³-hybridized carbons (Fsp3) is 0.500. The van der Waals surface area contributed by atoms with Crippen molar-refractivity contribution in [2.45, 2.75) is 44.9 Å². The van der Waals surface area contributed by atoms with Crippen LogP contribution in [0, 0.1) is 5.41 Å². The number of hydrogen-bond acceptors (Lipinski definition) is 5. The van der Waals surface area contributed by atoms with Crippen LogP contribution >= 0.6 is 0 Å². The van der Waals surface area contributed by atoms with Crippen molar-refractivity contribution in [1.29, 1.82) is 0 Å². The van der Waals surface area contributed by atoms with E-state index in [0.717, 1.165) is 56.3 Å². The van der Waals surface area contributed by atoms with E-state index >= 15 is 0 Å². The van der Waals surface area contributed by atoms with Gasteiger partial charge in [-0.25, -0.2) is 0 Å². The molecule has 1 spiro atoms. The Hall–Kier alpha value is -2.83. The second-order valence-corrected chi connectivity index (χ2v) is 10.8. The fourth-order valence-electron chi connectivity index (χ4n) is 5.50. The fourth-order valence-corrected chi connectivity index (χ4v) is 5.50. The maximum atomic E-state index is 13.1. The largest absolute Gasteiger partial charge is 0.492 e. The average molecular weight is 489 g/mol. The Labute approximate surface area is 213 Å². The first-order chi connectivity index (χ1) is 17.6. The highest BCUT2D eigenvalue weighted by Crippen LogP contribution is 2.41. The van der Waals surface area contributed by atoms with Gasteiger partial charge in [-0.1, -0.05) is 19.1 Å². The molecule has 6 heteroatoms. The molecular weight excluding hydrogens is 452 g/mol. The van der Waals surface area contributed by atoms with Crippen LogP contribution in [0.4, 0.5) is 5.69 Å². The highest BCUT2D eigenvalue weighted by Gasteiger charge is 2.41. The molecule has 3 fully saturated rings. The van der Waals surface area contributed by atoms with Crippen molar-refractivity contribution < 1.29 is 19.0 Å². The highest BCUT2D eigenvalue weighted by molar-refractivity contribution is 6.07. The monoisotopic (exact) mass is 488 g/mol. The molecule has 2 aromatic rings. The van der Waals surface area contributed by atoms with Crippen molar-refractivity contribution in [3.8, 4) is 11.5 Å². The number of hydrogen-bond donors (Lipinski definition) is 0. The van der Waals surface area contributed by atoms with E-state index in [2.05, 4.69) is 30.0 Å². The van der Waals surface area contributed by atoms with Crippen molar-refractivity contribution in [2.24, 2.45) is 5.41 Å². The second kappa shape index (κ2) is 9.91. The number of aryl methyl sites for hydroxylation is 1. The van der Waals surface area contributed by atoms with Crippen LogP contribution in [0.5, 0.6) is 11.5 Å². The van der Waals surface area contributed by atoms with Crippen molar-refractivity contribution in [1.82, 2.24) is 4.90 Å². The summed E-state index contributed by atoms with van der Waals surface area (Å²) in [6.45, 7) is 8.41. The van der Waals surface area contributed by atoms with E-state index in [0.29, 0.717) is 36.0 Å². The molecule has 4 aliphatic rings. The Kier molecular flexibility index (Phi) is 6.48. The van der Waals surface area contributed by atoms with Crippen LogP contribution in [0.2, 0.25) is 0 Å². The molecule has 2 saturated heterocycles. The summed E-state index contributed by atoms with van der Waals surface area (Å²) in [6, 6.07) is 14.2. The molecular formula is C30H36N2O4. The zero-order valence-corrected chi connectivity index (χ0v) is 21.2. The van der Waals surface area contributed by atoms with Gasteiger partial charge in [-0.05, 0) is 98.6 Å². The summed E-state index contributed by atoms with van der Waals surface area (Å²) in [5.74, 6) is 2.63. The van der Waals surface area contributed by atoms with E-state index < -0.39 is 0 Å². The number of amides is 1. The summed E-state index contributed by atoms with van der Waals surface area (Å²) in [7, 11) is 0. The molecule has 6 rings (SSSR count). The van der Waals surface area contributed by atoms with Gasteiger partial charge in [-0.2, -0.15) is 0 Å². The quantitative estimate of drug-likeness (QED) is 0.501. The molecule has 3 aliphatic heterocycles. The van der Waals surface area contributed by atoms with Gasteiger partial charge < -0.3 is 19.1 Å². The Balaban J connectivity index is 1.02. The first-order valence-electron chi connectivity index (χ1n) is 13.5. The molecule has 1 amide bonds. The van der Waals surface area contributed by atoms with Crippen LogP contribution in [0.3, 0.4) is 0 Å². The summed E-state index contributed by atoms with van der Waals surface area (Å²) in [4.78, 5) is 17.4. The molecule has 190 valence electrons. The minimum Gasteiger partial charge on any atom is -0.492 e. The smallest absolute Gasteiger partial charge is 0.294 e. The molecule has 1 saturated carbocycles. The van der Waals surface area contributed by atoms with Crippen LogP contribution in [-0.2, 0) is 16.0 Å². The first kappa shape index (κ1) is 23.6. The van der Waals surface area contributed by atoms with Crippen LogP contribution in [-0.4, -0.2) is 56.8 Å². The summed E-state index contributed by atoms with van der Waals surface area (Å²) in [5.41, 5.74) is 3.83. The second-order valence-electron chi connectivity index (χ2n) is 10.8. The molecule has 3 heterocycles. The molecule has 0 aromatic heterocycles. The molecule has 0 radical (unpaired) electrons. The number of likely N-dealkylation sites (tertiary alicyclic amines) is 1. The Morgan fingerprint density at radius 2 is 1.83 bits per heavy atom. The molecule has 36 heavy (non-hydrogen) atoms. The Morgan fingerprint density at radius 1 is 1.06 bits per heavy atom. The predicted octanol–water partition coefficient (Wildman–Crippen LogP) is 4.93. The predicted molar refractivity (Wildman–Crippen MR) is 140 cm³/mol. The Bertz CT molecular complexity index is 1120. The molecule has 0 bridgehead atoms. The number of ether oxygens (including phenoxy) is 3. The third kappa shape index (κ3) is 4.89. The molecule has 1 aliphatic carbocycles. The number of benzene rings is 2. The van der Waals surface area contributed by atoms with E-state index in [1.165, 1.54) is 31.2 Å². The molecule has 2 aromatic carbocycles. The molecule has 0 atom stereocenters. The lowest BCUT2D eigenvalue weighted by Gasteiger charge is -2.47.